The van der Waals surface area contributed by atoms with E-state index in [1.54, 1.807) is 20.3 Å². The van der Waals surface area contributed by atoms with Crippen LogP contribution in [-0.4, -0.2) is 19.2 Å². The molecule has 0 fully saturated rings. The van der Waals surface area contributed by atoms with Crippen LogP contribution in [0.5, 0.6) is 11.5 Å². The Balaban J connectivity index is 2.89. The molecule has 3 nitrogen and oxygen atoms in total. The first-order valence-electron chi connectivity index (χ1n) is 5.53. The van der Waals surface area contributed by atoms with Gasteiger partial charge in [-0.1, -0.05) is 24.9 Å². The van der Waals surface area contributed by atoms with E-state index >= 15 is 0 Å². The van der Waals surface area contributed by atoms with Crippen molar-refractivity contribution < 1.29 is 9.47 Å². The van der Waals surface area contributed by atoms with Crippen LogP contribution in [0.1, 0.15) is 11.1 Å². The van der Waals surface area contributed by atoms with E-state index < -0.39 is 0 Å². The van der Waals surface area contributed by atoms with Crippen molar-refractivity contribution in [1.29, 1.82) is 0 Å². The van der Waals surface area contributed by atoms with Gasteiger partial charge >= 0.3 is 0 Å². The van der Waals surface area contributed by atoms with Gasteiger partial charge < -0.3 is 14.5 Å². The number of aromatic nitrogens is 1. The number of H-pyrrole nitrogens is 1. The Morgan fingerprint density at radius 2 is 1.83 bits per heavy atom. The number of ether oxygens (including phenoxy) is 2. The van der Waals surface area contributed by atoms with Gasteiger partial charge in [-0.05, 0) is 18.6 Å². The van der Waals surface area contributed by atoms with Crippen LogP contribution in [0.25, 0.3) is 17.0 Å². The highest BCUT2D eigenvalue weighted by molar-refractivity contribution is 7.71. The highest BCUT2D eigenvalue weighted by Crippen LogP contribution is 2.33. The van der Waals surface area contributed by atoms with E-state index in [2.05, 4.69) is 11.6 Å². The van der Waals surface area contributed by atoms with Gasteiger partial charge in [0.2, 0.25) is 0 Å². The second kappa shape index (κ2) is 4.82. The summed E-state index contributed by atoms with van der Waals surface area (Å²) >= 11 is 5.31. The first kappa shape index (κ1) is 12.6. The molecular formula is C14H15NO2S. The SMILES string of the molecule is C=Cc1c(C)c2cc(OC)c(OC)cc2[nH]c1=S. The van der Waals surface area contributed by atoms with E-state index in [-0.39, 0.29) is 0 Å². The molecule has 1 aromatic heterocycles. The third-order valence-corrected chi connectivity index (χ3v) is 3.35. The van der Waals surface area contributed by atoms with Crippen LogP contribution in [0.4, 0.5) is 0 Å². The van der Waals surface area contributed by atoms with Crippen molar-refractivity contribution in [1.82, 2.24) is 4.98 Å². The maximum atomic E-state index is 5.31. The zero-order valence-electron chi connectivity index (χ0n) is 10.7. The molecule has 1 N–H and O–H groups in total. The second-order valence-electron chi connectivity index (χ2n) is 3.95. The van der Waals surface area contributed by atoms with Crippen LogP contribution in [0, 0.1) is 11.6 Å². The highest BCUT2D eigenvalue weighted by Gasteiger charge is 2.10. The predicted octanol–water partition coefficient (Wildman–Crippen LogP) is 3.87. The Hall–Kier alpha value is -1.81. The summed E-state index contributed by atoms with van der Waals surface area (Å²) in [7, 11) is 3.24. The molecule has 0 atom stereocenters. The molecule has 0 bridgehead atoms. The van der Waals surface area contributed by atoms with Gasteiger partial charge in [-0.15, -0.1) is 0 Å². The summed E-state index contributed by atoms with van der Waals surface area (Å²) in [5.74, 6) is 1.38. The van der Waals surface area contributed by atoms with Gasteiger partial charge in [0.15, 0.2) is 11.5 Å². The molecule has 4 heteroatoms. The predicted molar refractivity (Wildman–Crippen MR) is 77.1 cm³/mol. The maximum absolute atomic E-state index is 5.31. The number of nitrogens with one attached hydrogen (secondary N) is 1. The molecule has 0 unspecified atom stereocenters. The third-order valence-electron chi connectivity index (χ3n) is 3.03. The van der Waals surface area contributed by atoms with Crippen LogP contribution in [0.15, 0.2) is 18.7 Å². The van der Waals surface area contributed by atoms with E-state index in [4.69, 9.17) is 21.7 Å². The van der Waals surface area contributed by atoms with Crippen molar-refractivity contribution in [2.45, 2.75) is 6.92 Å². The van der Waals surface area contributed by atoms with Crippen LogP contribution in [0.3, 0.4) is 0 Å². The Labute approximate surface area is 111 Å². The molecule has 2 rings (SSSR count). The number of benzene rings is 1. The van der Waals surface area contributed by atoms with Crippen LogP contribution >= 0.6 is 12.2 Å². The van der Waals surface area contributed by atoms with Crippen molar-refractivity contribution in [2.75, 3.05) is 14.2 Å². The van der Waals surface area contributed by atoms with E-state index in [9.17, 15) is 0 Å². The number of pyridine rings is 1. The van der Waals surface area contributed by atoms with Crippen LogP contribution in [0.2, 0.25) is 0 Å². The van der Waals surface area contributed by atoms with Gasteiger partial charge in [0, 0.05) is 17.0 Å². The number of aromatic amines is 1. The molecule has 1 heterocycles. The average Bonchev–Trinajstić information content (AvgIpc) is 2.37. The van der Waals surface area contributed by atoms with Crippen molar-refractivity contribution in [3.8, 4) is 11.5 Å². The molecule has 2 aromatic rings. The lowest BCUT2D eigenvalue weighted by atomic mass is 10.0. The van der Waals surface area contributed by atoms with E-state index in [1.807, 2.05) is 19.1 Å². The number of hydrogen-bond acceptors (Lipinski definition) is 3. The molecule has 0 saturated heterocycles. The maximum Gasteiger partial charge on any atom is 0.162 e. The summed E-state index contributed by atoms with van der Waals surface area (Å²) in [4.78, 5) is 3.18. The Morgan fingerprint density at radius 3 is 2.39 bits per heavy atom. The summed E-state index contributed by atoms with van der Waals surface area (Å²) in [5, 5.41) is 1.05. The van der Waals surface area contributed by atoms with Gasteiger partial charge in [-0.25, -0.2) is 0 Å². The molecule has 0 aliphatic heterocycles. The molecular weight excluding hydrogens is 246 g/mol. The third kappa shape index (κ3) is 1.88. The summed E-state index contributed by atoms with van der Waals surface area (Å²) in [6.07, 6.45) is 1.77. The lowest BCUT2D eigenvalue weighted by molar-refractivity contribution is 0.356. The van der Waals surface area contributed by atoms with Gasteiger partial charge in [0.25, 0.3) is 0 Å². The summed E-state index contributed by atoms with van der Waals surface area (Å²) in [5.41, 5.74) is 2.97. The lowest BCUT2D eigenvalue weighted by Gasteiger charge is -2.12. The smallest absolute Gasteiger partial charge is 0.162 e. The minimum atomic E-state index is 0.682. The number of methoxy groups -OCH3 is 2. The zero-order chi connectivity index (χ0) is 13.3. The quantitative estimate of drug-likeness (QED) is 0.852. The molecule has 0 aliphatic rings. The molecule has 0 spiro atoms. The standard InChI is InChI=1S/C14H15NO2S/c1-5-9-8(2)10-6-12(16-3)13(17-4)7-11(10)15-14(9)18/h5-7H,1H2,2-4H3,(H,15,18). The summed E-state index contributed by atoms with van der Waals surface area (Å²) in [6.45, 7) is 5.82. The van der Waals surface area contributed by atoms with Crippen LogP contribution in [-0.2, 0) is 0 Å². The van der Waals surface area contributed by atoms with E-state index in [1.165, 1.54) is 0 Å². The fourth-order valence-corrected chi connectivity index (χ4v) is 2.39. The van der Waals surface area contributed by atoms with Crippen LogP contribution < -0.4 is 9.47 Å². The van der Waals surface area contributed by atoms with E-state index in [0.29, 0.717) is 16.1 Å². The molecule has 0 amide bonds. The first-order chi connectivity index (χ1) is 8.62. The summed E-state index contributed by atoms with van der Waals surface area (Å²) < 4.78 is 11.3. The number of aryl methyl sites for hydroxylation is 1. The minimum Gasteiger partial charge on any atom is -0.493 e. The number of fused-ring (bicyclic) bond motifs is 1. The monoisotopic (exact) mass is 261 g/mol. The normalized spacial score (nSPS) is 10.4. The lowest BCUT2D eigenvalue weighted by Crippen LogP contribution is -1.95. The van der Waals surface area contributed by atoms with Crippen molar-refractivity contribution in [3.63, 3.8) is 0 Å². The van der Waals surface area contributed by atoms with Gasteiger partial charge in [0.05, 0.1) is 19.7 Å². The van der Waals surface area contributed by atoms with Crippen molar-refractivity contribution in [2.24, 2.45) is 0 Å². The first-order valence-corrected chi connectivity index (χ1v) is 5.94. The molecule has 1 aromatic carbocycles. The van der Waals surface area contributed by atoms with E-state index in [0.717, 1.165) is 22.0 Å². The number of hydrogen-bond donors (Lipinski definition) is 1. The van der Waals surface area contributed by atoms with Gasteiger partial charge in [0.1, 0.15) is 4.64 Å². The Bertz CT molecular complexity index is 674. The number of rotatable bonds is 3. The zero-order valence-corrected chi connectivity index (χ0v) is 11.5. The molecule has 0 aliphatic carbocycles. The van der Waals surface area contributed by atoms with Gasteiger partial charge in [-0.2, -0.15) is 0 Å². The molecule has 18 heavy (non-hydrogen) atoms. The summed E-state index contributed by atoms with van der Waals surface area (Å²) in [6, 6.07) is 3.84. The van der Waals surface area contributed by atoms with Crippen molar-refractivity contribution >= 4 is 29.2 Å². The Kier molecular flexibility index (Phi) is 3.39. The fourth-order valence-electron chi connectivity index (χ4n) is 2.04. The fraction of sp³-hybridized carbons (Fsp3) is 0.214. The highest BCUT2D eigenvalue weighted by atomic mass is 32.1. The average molecular weight is 261 g/mol. The largest absolute Gasteiger partial charge is 0.493 e. The van der Waals surface area contributed by atoms with Gasteiger partial charge in [-0.3, -0.25) is 0 Å². The molecule has 94 valence electrons. The topological polar surface area (TPSA) is 34.2 Å². The minimum absolute atomic E-state index is 0.682. The Morgan fingerprint density at radius 1 is 1.22 bits per heavy atom. The van der Waals surface area contributed by atoms with Crippen molar-refractivity contribution in [3.05, 3.63) is 34.5 Å². The molecule has 0 radical (unpaired) electrons. The molecule has 0 saturated carbocycles. The second-order valence-corrected chi connectivity index (χ2v) is 4.36.